The molecule has 0 spiro atoms. The lowest BCUT2D eigenvalue weighted by Crippen LogP contribution is -2.30. The predicted octanol–water partition coefficient (Wildman–Crippen LogP) is 1.50. The summed E-state index contributed by atoms with van der Waals surface area (Å²) in [6, 6.07) is 1.74. The van der Waals surface area contributed by atoms with Gasteiger partial charge in [0, 0.05) is 29.9 Å². The fourth-order valence-electron chi connectivity index (χ4n) is 1.48. The lowest BCUT2D eigenvalue weighted by Gasteiger charge is -2.17. The molecule has 92 valence electrons. The number of rotatable bonds is 6. The van der Waals surface area contributed by atoms with E-state index in [1.807, 2.05) is 20.9 Å². The van der Waals surface area contributed by atoms with Gasteiger partial charge in [-0.2, -0.15) is 4.31 Å². The van der Waals surface area contributed by atoms with E-state index in [0.29, 0.717) is 24.5 Å². The highest BCUT2D eigenvalue weighted by atomic mass is 32.2. The largest absolute Gasteiger partial charge is 0.315 e. The monoisotopic (exact) mass is 262 g/mol. The maximum absolute atomic E-state index is 12.1. The van der Waals surface area contributed by atoms with Crippen molar-refractivity contribution in [3.63, 3.8) is 0 Å². The molecule has 16 heavy (non-hydrogen) atoms. The normalized spacial score (nSPS) is 12.2. The zero-order valence-electron chi connectivity index (χ0n) is 9.86. The van der Waals surface area contributed by atoms with Gasteiger partial charge in [0.1, 0.15) is 0 Å². The average Bonchev–Trinajstić information content (AvgIpc) is 2.69. The molecule has 0 atom stereocenters. The summed E-state index contributed by atoms with van der Waals surface area (Å²) < 4.78 is 25.7. The minimum Gasteiger partial charge on any atom is -0.315 e. The van der Waals surface area contributed by atoms with Gasteiger partial charge in [0.05, 0.1) is 4.90 Å². The molecule has 0 aliphatic heterocycles. The fraction of sp³-hybridized carbons (Fsp3) is 0.600. The molecule has 0 bridgehead atoms. The van der Waals surface area contributed by atoms with Crippen LogP contribution in [-0.4, -0.2) is 32.9 Å². The Morgan fingerprint density at radius 2 is 2.00 bits per heavy atom. The van der Waals surface area contributed by atoms with E-state index in [1.54, 1.807) is 11.4 Å². The third-order valence-electron chi connectivity index (χ3n) is 2.32. The quantitative estimate of drug-likeness (QED) is 0.845. The molecule has 4 nitrogen and oxygen atoms in total. The Morgan fingerprint density at radius 3 is 2.50 bits per heavy atom. The van der Waals surface area contributed by atoms with Crippen molar-refractivity contribution in [2.75, 3.05) is 20.1 Å². The molecule has 0 aromatic carbocycles. The van der Waals surface area contributed by atoms with Crippen LogP contribution in [0, 0.1) is 0 Å². The lowest BCUT2D eigenvalue weighted by molar-refractivity contribution is 0.445. The molecule has 0 amide bonds. The molecule has 0 saturated carbocycles. The third-order valence-corrected chi connectivity index (χ3v) is 5.44. The van der Waals surface area contributed by atoms with E-state index in [4.69, 9.17) is 0 Å². The second kappa shape index (κ2) is 5.77. The maximum atomic E-state index is 12.1. The van der Waals surface area contributed by atoms with E-state index in [2.05, 4.69) is 5.32 Å². The topological polar surface area (TPSA) is 49.4 Å². The number of sulfonamides is 1. The van der Waals surface area contributed by atoms with Crippen molar-refractivity contribution >= 4 is 21.4 Å². The van der Waals surface area contributed by atoms with E-state index in [1.165, 1.54) is 15.6 Å². The minimum atomic E-state index is -3.28. The summed E-state index contributed by atoms with van der Waals surface area (Å²) in [5, 5.41) is 4.72. The molecule has 0 fully saturated rings. The van der Waals surface area contributed by atoms with Crippen molar-refractivity contribution in [3.8, 4) is 0 Å². The first kappa shape index (κ1) is 13.6. The summed E-state index contributed by atoms with van der Waals surface area (Å²) in [5.74, 6) is 0. The smallest absolute Gasteiger partial charge is 0.243 e. The van der Waals surface area contributed by atoms with Gasteiger partial charge in [0.15, 0.2) is 0 Å². The molecular weight excluding hydrogens is 244 g/mol. The molecule has 0 aliphatic carbocycles. The van der Waals surface area contributed by atoms with E-state index in [-0.39, 0.29) is 0 Å². The Morgan fingerprint density at radius 1 is 1.38 bits per heavy atom. The first-order valence-electron chi connectivity index (χ1n) is 5.28. The third kappa shape index (κ3) is 2.82. The van der Waals surface area contributed by atoms with Crippen LogP contribution in [0.2, 0.25) is 0 Å². The average molecular weight is 262 g/mol. The molecule has 0 radical (unpaired) electrons. The Bertz CT molecular complexity index is 422. The van der Waals surface area contributed by atoms with Crippen LogP contribution in [0.15, 0.2) is 16.3 Å². The van der Waals surface area contributed by atoms with E-state index < -0.39 is 10.0 Å². The van der Waals surface area contributed by atoms with Crippen LogP contribution in [0.25, 0.3) is 0 Å². The van der Waals surface area contributed by atoms with Gasteiger partial charge in [-0.25, -0.2) is 8.42 Å². The summed E-state index contributed by atoms with van der Waals surface area (Å²) in [5.41, 5.74) is 0. The van der Waals surface area contributed by atoms with Crippen LogP contribution in [0.5, 0.6) is 0 Å². The highest BCUT2D eigenvalue weighted by molar-refractivity contribution is 7.89. The highest BCUT2D eigenvalue weighted by Gasteiger charge is 2.22. The van der Waals surface area contributed by atoms with E-state index in [9.17, 15) is 8.42 Å². The number of nitrogens with zero attached hydrogens (tertiary/aromatic N) is 1. The molecule has 0 unspecified atom stereocenters. The Kier molecular flexibility index (Phi) is 4.91. The standard InChI is InChI=1S/C10H18N2O2S2/c1-4-12(5-2)16(13,14)10-6-9(7-11-3)15-8-10/h6,8,11H,4-5,7H2,1-3H3. The van der Waals surface area contributed by atoms with Crippen molar-refractivity contribution < 1.29 is 8.42 Å². The van der Waals surface area contributed by atoms with Crippen molar-refractivity contribution in [2.24, 2.45) is 0 Å². The van der Waals surface area contributed by atoms with E-state index in [0.717, 1.165) is 4.88 Å². The van der Waals surface area contributed by atoms with Crippen molar-refractivity contribution in [1.29, 1.82) is 0 Å². The Hall–Kier alpha value is -0.430. The van der Waals surface area contributed by atoms with Gasteiger partial charge in [-0.15, -0.1) is 11.3 Å². The molecule has 1 aromatic heterocycles. The molecule has 6 heteroatoms. The summed E-state index contributed by atoms with van der Waals surface area (Å²) in [6.45, 7) is 5.42. The molecule has 1 rings (SSSR count). The molecule has 1 heterocycles. The molecule has 0 aliphatic rings. The minimum absolute atomic E-state index is 0.409. The lowest BCUT2D eigenvalue weighted by atomic mass is 10.5. The fourth-order valence-corrected chi connectivity index (χ4v) is 4.21. The molecular formula is C10H18N2O2S2. The summed E-state index contributed by atoms with van der Waals surface area (Å²) in [7, 11) is -1.44. The van der Waals surface area contributed by atoms with E-state index >= 15 is 0 Å². The second-order valence-electron chi connectivity index (χ2n) is 3.37. The Labute approximate surface area is 101 Å². The van der Waals surface area contributed by atoms with Gasteiger partial charge in [-0.3, -0.25) is 0 Å². The summed E-state index contributed by atoms with van der Waals surface area (Å²) in [6.07, 6.45) is 0. The van der Waals surface area contributed by atoms with Gasteiger partial charge >= 0.3 is 0 Å². The van der Waals surface area contributed by atoms with Gasteiger partial charge in [-0.1, -0.05) is 13.8 Å². The van der Waals surface area contributed by atoms with Gasteiger partial charge < -0.3 is 5.32 Å². The number of nitrogens with one attached hydrogen (secondary N) is 1. The van der Waals surface area contributed by atoms with Gasteiger partial charge in [-0.05, 0) is 13.1 Å². The summed E-state index contributed by atoms with van der Waals surface area (Å²) in [4.78, 5) is 1.44. The van der Waals surface area contributed by atoms with Crippen molar-refractivity contribution in [1.82, 2.24) is 9.62 Å². The number of thiophene rings is 1. The Balaban J connectivity index is 2.97. The van der Waals surface area contributed by atoms with Crippen LogP contribution in [0.3, 0.4) is 0 Å². The van der Waals surface area contributed by atoms with Crippen LogP contribution in [0.4, 0.5) is 0 Å². The van der Waals surface area contributed by atoms with Gasteiger partial charge in [0.25, 0.3) is 0 Å². The van der Waals surface area contributed by atoms with Gasteiger partial charge in [0.2, 0.25) is 10.0 Å². The number of hydrogen-bond acceptors (Lipinski definition) is 4. The van der Waals surface area contributed by atoms with Crippen LogP contribution < -0.4 is 5.32 Å². The van der Waals surface area contributed by atoms with Crippen molar-refractivity contribution in [3.05, 3.63) is 16.3 Å². The van der Waals surface area contributed by atoms with Crippen LogP contribution in [-0.2, 0) is 16.6 Å². The van der Waals surface area contributed by atoms with Crippen LogP contribution >= 0.6 is 11.3 Å². The first-order chi connectivity index (χ1) is 7.56. The zero-order chi connectivity index (χ0) is 12.2. The maximum Gasteiger partial charge on any atom is 0.243 e. The zero-order valence-corrected chi connectivity index (χ0v) is 11.5. The molecule has 1 N–H and O–H groups in total. The summed E-state index contributed by atoms with van der Waals surface area (Å²) >= 11 is 1.47. The highest BCUT2D eigenvalue weighted by Crippen LogP contribution is 2.22. The second-order valence-corrected chi connectivity index (χ2v) is 6.30. The number of hydrogen-bond donors (Lipinski definition) is 1. The van der Waals surface area contributed by atoms with Crippen molar-refractivity contribution in [2.45, 2.75) is 25.3 Å². The SMILES string of the molecule is CCN(CC)S(=O)(=O)c1csc(CNC)c1. The molecule has 0 saturated heterocycles. The van der Waals surface area contributed by atoms with Crippen LogP contribution in [0.1, 0.15) is 18.7 Å². The predicted molar refractivity (Wildman–Crippen MR) is 67.2 cm³/mol. The molecule has 1 aromatic rings. The first-order valence-corrected chi connectivity index (χ1v) is 7.60.